The number of nitrogens with zero attached hydrogens (tertiary/aromatic N) is 1. The van der Waals surface area contributed by atoms with E-state index < -0.39 is 17.7 Å². The molecule has 1 N–H and O–H groups in total. The van der Waals surface area contributed by atoms with Crippen LogP contribution < -0.4 is 10.1 Å². The fraction of sp³-hybridized carbons (Fsp3) is 0.529. The Balaban J connectivity index is 2.14. The molecule has 0 amide bonds. The second-order valence-electron chi connectivity index (χ2n) is 6.26. The number of carbonyl (C=O) groups is 1. The SMILES string of the molecule is CCOC(=O)[C@@H]1[C@@H]2NC(=S)N(CCOC)[C@@]1(C)Oc1c(Cl)cc(Cl)cc12. The third-order valence-corrected chi connectivity index (χ3v) is 5.55. The monoisotopic (exact) mass is 418 g/mol. The maximum Gasteiger partial charge on any atom is 0.317 e. The van der Waals surface area contributed by atoms with Crippen molar-refractivity contribution >= 4 is 46.5 Å². The van der Waals surface area contributed by atoms with Crippen LogP contribution in [0.4, 0.5) is 0 Å². The van der Waals surface area contributed by atoms with Crippen molar-refractivity contribution in [1.29, 1.82) is 0 Å². The third kappa shape index (κ3) is 3.11. The van der Waals surface area contributed by atoms with E-state index in [1.807, 2.05) is 6.92 Å². The molecule has 0 radical (unpaired) electrons. The molecule has 0 unspecified atom stereocenters. The van der Waals surface area contributed by atoms with E-state index in [0.29, 0.717) is 39.6 Å². The van der Waals surface area contributed by atoms with Gasteiger partial charge in [0.15, 0.2) is 10.8 Å². The zero-order chi connectivity index (χ0) is 19.1. The van der Waals surface area contributed by atoms with Gasteiger partial charge in [-0.1, -0.05) is 23.2 Å². The van der Waals surface area contributed by atoms with Gasteiger partial charge in [-0.2, -0.15) is 0 Å². The fourth-order valence-electron chi connectivity index (χ4n) is 3.57. The lowest BCUT2D eigenvalue weighted by Crippen LogP contribution is -2.71. The van der Waals surface area contributed by atoms with Crippen LogP contribution in [0.1, 0.15) is 25.5 Å². The van der Waals surface area contributed by atoms with Crippen LogP contribution in [-0.4, -0.2) is 48.6 Å². The molecule has 26 heavy (non-hydrogen) atoms. The Morgan fingerprint density at radius 3 is 2.85 bits per heavy atom. The van der Waals surface area contributed by atoms with Crippen LogP contribution in [-0.2, 0) is 14.3 Å². The van der Waals surface area contributed by atoms with Crippen LogP contribution in [0.2, 0.25) is 10.0 Å². The van der Waals surface area contributed by atoms with Gasteiger partial charge >= 0.3 is 5.97 Å². The molecule has 1 saturated heterocycles. The average molecular weight is 419 g/mol. The number of methoxy groups -OCH3 is 1. The first-order valence-electron chi connectivity index (χ1n) is 8.25. The quantitative estimate of drug-likeness (QED) is 0.581. The molecule has 1 aromatic carbocycles. The summed E-state index contributed by atoms with van der Waals surface area (Å²) in [5.74, 6) is -0.547. The molecule has 0 spiro atoms. The molecule has 0 aliphatic carbocycles. The van der Waals surface area contributed by atoms with Crippen molar-refractivity contribution in [2.45, 2.75) is 25.6 Å². The molecular formula is C17H20Cl2N2O4S. The largest absolute Gasteiger partial charge is 0.466 e. The molecule has 0 saturated carbocycles. The highest BCUT2D eigenvalue weighted by atomic mass is 35.5. The van der Waals surface area contributed by atoms with Gasteiger partial charge in [-0.15, -0.1) is 0 Å². The number of benzene rings is 1. The zero-order valence-corrected chi connectivity index (χ0v) is 17.0. The Kier molecular flexibility index (Phi) is 5.53. The van der Waals surface area contributed by atoms with Crippen LogP contribution in [0, 0.1) is 5.92 Å². The molecule has 9 heteroatoms. The molecule has 6 nitrogen and oxygen atoms in total. The zero-order valence-electron chi connectivity index (χ0n) is 14.7. The van der Waals surface area contributed by atoms with Crippen LogP contribution in [0.15, 0.2) is 12.1 Å². The predicted molar refractivity (Wildman–Crippen MR) is 103 cm³/mol. The number of esters is 1. The molecule has 1 aromatic rings. The number of fused-ring (bicyclic) bond motifs is 4. The van der Waals surface area contributed by atoms with Gasteiger partial charge in [0.05, 0.1) is 24.3 Å². The minimum Gasteiger partial charge on any atom is -0.466 e. The Morgan fingerprint density at radius 1 is 1.46 bits per heavy atom. The van der Waals surface area contributed by atoms with Crippen LogP contribution in [0.3, 0.4) is 0 Å². The van der Waals surface area contributed by atoms with Gasteiger partial charge in [0, 0.05) is 24.2 Å². The van der Waals surface area contributed by atoms with Gasteiger partial charge < -0.3 is 24.4 Å². The topological polar surface area (TPSA) is 60.0 Å². The Morgan fingerprint density at radius 2 is 2.19 bits per heavy atom. The Hall–Kier alpha value is -1.28. The second-order valence-corrected chi connectivity index (χ2v) is 7.49. The number of hydrogen-bond donors (Lipinski definition) is 1. The van der Waals surface area contributed by atoms with Crippen molar-refractivity contribution in [2.75, 3.05) is 26.9 Å². The van der Waals surface area contributed by atoms with Crippen LogP contribution in [0.5, 0.6) is 5.75 Å². The van der Waals surface area contributed by atoms with Crippen LogP contribution >= 0.6 is 35.4 Å². The van der Waals surface area contributed by atoms with Crippen molar-refractivity contribution in [3.8, 4) is 5.75 Å². The predicted octanol–water partition coefficient (Wildman–Crippen LogP) is 3.16. The minimum atomic E-state index is -1.07. The molecule has 0 aromatic heterocycles. The maximum absolute atomic E-state index is 12.8. The molecule has 2 heterocycles. The summed E-state index contributed by atoms with van der Waals surface area (Å²) in [5.41, 5.74) is -0.380. The molecule has 3 rings (SSSR count). The molecule has 2 aliphatic heterocycles. The highest BCUT2D eigenvalue weighted by molar-refractivity contribution is 7.80. The highest BCUT2D eigenvalue weighted by Gasteiger charge is 2.59. The first kappa shape index (κ1) is 19.5. The maximum atomic E-state index is 12.8. The van der Waals surface area contributed by atoms with E-state index in [9.17, 15) is 4.79 Å². The summed E-state index contributed by atoms with van der Waals surface area (Å²) in [6.07, 6.45) is 0. The summed E-state index contributed by atoms with van der Waals surface area (Å²) in [4.78, 5) is 14.6. The van der Waals surface area contributed by atoms with E-state index in [2.05, 4.69) is 5.32 Å². The van der Waals surface area contributed by atoms with E-state index in [0.717, 1.165) is 0 Å². The summed E-state index contributed by atoms with van der Waals surface area (Å²) in [6.45, 7) is 4.72. The van der Waals surface area contributed by atoms with Gasteiger partial charge in [-0.05, 0) is 38.2 Å². The molecule has 2 bridgehead atoms. The van der Waals surface area contributed by atoms with Gasteiger partial charge in [-0.3, -0.25) is 4.79 Å². The van der Waals surface area contributed by atoms with E-state index in [4.69, 9.17) is 49.6 Å². The van der Waals surface area contributed by atoms with Crippen molar-refractivity contribution in [1.82, 2.24) is 10.2 Å². The van der Waals surface area contributed by atoms with Crippen molar-refractivity contribution in [3.05, 3.63) is 27.7 Å². The number of ether oxygens (including phenoxy) is 3. The Bertz CT molecular complexity index is 748. The summed E-state index contributed by atoms with van der Waals surface area (Å²) in [6, 6.07) is 2.90. The lowest BCUT2D eigenvalue weighted by Gasteiger charge is -2.55. The number of hydrogen-bond acceptors (Lipinski definition) is 5. The average Bonchev–Trinajstić information content (AvgIpc) is 2.56. The first-order valence-corrected chi connectivity index (χ1v) is 9.41. The summed E-state index contributed by atoms with van der Waals surface area (Å²) in [7, 11) is 1.60. The molecule has 3 atom stereocenters. The lowest BCUT2D eigenvalue weighted by atomic mass is 9.79. The third-order valence-electron chi connectivity index (χ3n) is 4.71. The van der Waals surface area contributed by atoms with Gasteiger partial charge in [0.25, 0.3) is 0 Å². The van der Waals surface area contributed by atoms with E-state index >= 15 is 0 Å². The number of rotatable bonds is 5. The standard InChI is InChI=1S/C17H20Cl2N2O4S/c1-4-24-15(22)12-13-10-7-9(18)8-11(19)14(10)25-17(12,2)21(5-6-23-3)16(26)20-13/h7-8,12-13H,4-6H2,1-3H3,(H,20,26)/t12-,13+,17-/m0/s1. The molecule has 2 aliphatic rings. The molecular weight excluding hydrogens is 399 g/mol. The summed E-state index contributed by atoms with van der Waals surface area (Å²) >= 11 is 18.1. The molecule has 1 fully saturated rings. The number of carbonyl (C=O) groups excluding carboxylic acids is 1. The summed E-state index contributed by atoms with van der Waals surface area (Å²) < 4.78 is 16.8. The lowest BCUT2D eigenvalue weighted by molar-refractivity contribution is -0.176. The Labute approximate surface area is 167 Å². The first-order chi connectivity index (χ1) is 12.3. The molecule has 142 valence electrons. The van der Waals surface area contributed by atoms with Gasteiger partial charge in [-0.25, -0.2) is 0 Å². The summed E-state index contributed by atoms with van der Waals surface area (Å²) in [5, 5.41) is 4.54. The normalized spacial score (nSPS) is 26.7. The fourth-order valence-corrected chi connectivity index (χ4v) is 4.51. The van der Waals surface area contributed by atoms with Gasteiger partial charge in [0.2, 0.25) is 0 Å². The number of nitrogens with one attached hydrogen (secondary N) is 1. The van der Waals surface area contributed by atoms with E-state index in [1.54, 1.807) is 31.1 Å². The van der Waals surface area contributed by atoms with Crippen molar-refractivity contribution in [3.63, 3.8) is 0 Å². The minimum absolute atomic E-state index is 0.268. The van der Waals surface area contributed by atoms with E-state index in [1.165, 1.54) is 0 Å². The van der Waals surface area contributed by atoms with Crippen LogP contribution in [0.25, 0.3) is 0 Å². The van der Waals surface area contributed by atoms with Crippen molar-refractivity contribution in [2.24, 2.45) is 5.92 Å². The second kappa shape index (κ2) is 7.38. The highest BCUT2D eigenvalue weighted by Crippen LogP contribution is 2.51. The van der Waals surface area contributed by atoms with Gasteiger partial charge in [0.1, 0.15) is 11.7 Å². The number of thiocarbonyl (C=S) groups is 1. The van der Waals surface area contributed by atoms with E-state index in [-0.39, 0.29) is 12.6 Å². The smallest absolute Gasteiger partial charge is 0.317 e. The van der Waals surface area contributed by atoms with Crippen molar-refractivity contribution < 1.29 is 19.0 Å². The number of halogens is 2.